The fraction of sp³-hybridized carbons (Fsp3) is 0.389. The van der Waals surface area contributed by atoms with E-state index in [1.54, 1.807) is 29.2 Å². The highest BCUT2D eigenvalue weighted by atomic mass is 16.5. The van der Waals surface area contributed by atoms with Crippen molar-refractivity contribution in [3.8, 4) is 0 Å². The Morgan fingerprint density at radius 3 is 2.92 bits per heavy atom. The number of para-hydroxylation sites is 1. The predicted octanol–water partition coefficient (Wildman–Crippen LogP) is 2.21. The Morgan fingerprint density at radius 2 is 2.12 bits per heavy atom. The lowest BCUT2D eigenvalue weighted by atomic mass is 10.0. The smallest absolute Gasteiger partial charge is 0.374 e. The second kappa shape index (κ2) is 6.86. The highest BCUT2D eigenvalue weighted by Gasteiger charge is 2.22. The molecule has 0 unspecified atom stereocenters. The highest BCUT2D eigenvalue weighted by molar-refractivity contribution is 5.90. The van der Waals surface area contributed by atoms with Crippen molar-refractivity contribution in [3.05, 3.63) is 46.3 Å². The fourth-order valence-electron chi connectivity index (χ4n) is 2.91. The van der Waals surface area contributed by atoms with Gasteiger partial charge < -0.3 is 14.1 Å². The summed E-state index contributed by atoms with van der Waals surface area (Å²) in [6.07, 6.45) is 2.06. The van der Waals surface area contributed by atoms with Gasteiger partial charge in [-0.25, -0.2) is 4.79 Å². The number of hydrogen-bond acceptors (Lipinski definition) is 5. The van der Waals surface area contributed by atoms with Crippen LogP contribution in [0.3, 0.4) is 0 Å². The third kappa shape index (κ3) is 3.48. The quantitative estimate of drug-likeness (QED) is 0.807. The van der Waals surface area contributed by atoms with Crippen LogP contribution in [0.25, 0.3) is 11.0 Å². The lowest BCUT2D eigenvalue weighted by molar-refractivity contribution is -0.136. The summed E-state index contributed by atoms with van der Waals surface area (Å²) in [5.41, 5.74) is -0.00638. The summed E-state index contributed by atoms with van der Waals surface area (Å²) in [4.78, 5) is 37.9. The van der Waals surface area contributed by atoms with Gasteiger partial charge in [-0.3, -0.25) is 9.59 Å². The van der Waals surface area contributed by atoms with E-state index in [4.69, 9.17) is 9.15 Å². The Labute approximate surface area is 139 Å². The number of esters is 1. The molecule has 0 spiro atoms. The Hall–Kier alpha value is -2.63. The van der Waals surface area contributed by atoms with Crippen molar-refractivity contribution in [3.63, 3.8) is 0 Å². The molecule has 1 aromatic heterocycles. The second-order valence-corrected chi connectivity index (χ2v) is 6.13. The van der Waals surface area contributed by atoms with Crippen LogP contribution in [0, 0.1) is 5.92 Å². The Morgan fingerprint density at radius 1 is 1.33 bits per heavy atom. The molecular formula is C18H19NO5. The van der Waals surface area contributed by atoms with E-state index in [0.29, 0.717) is 30.0 Å². The molecule has 6 nitrogen and oxygen atoms in total. The maximum absolute atomic E-state index is 12.1. The molecule has 0 aliphatic carbocycles. The van der Waals surface area contributed by atoms with Crippen molar-refractivity contribution in [2.75, 3.05) is 19.7 Å². The van der Waals surface area contributed by atoms with Crippen molar-refractivity contribution in [2.45, 2.75) is 19.8 Å². The van der Waals surface area contributed by atoms with Gasteiger partial charge in [-0.2, -0.15) is 0 Å². The normalized spacial score (nSPS) is 17.7. The van der Waals surface area contributed by atoms with Crippen LogP contribution in [0.4, 0.5) is 0 Å². The van der Waals surface area contributed by atoms with Crippen LogP contribution in [0.2, 0.25) is 0 Å². The van der Waals surface area contributed by atoms with Gasteiger partial charge in [-0.05, 0) is 30.9 Å². The molecule has 6 heteroatoms. The summed E-state index contributed by atoms with van der Waals surface area (Å²) < 4.78 is 10.4. The molecule has 0 N–H and O–H groups in total. The zero-order valence-electron chi connectivity index (χ0n) is 13.5. The molecule has 126 valence electrons. The Bertz CT molecular complexity index is 826. The van der Waals surface area contributed by atoms with E-state index in [0.717, 1.165) is 18.9 Å². The van der Waals surface area contributed by atoms with Gasteiger partial charge in [0.05, 0.1) is 5.39 Å². The topological polar surface area (TPSA) is 76.8 Å². The summed E-state index contributed by atoms with van der Waals surface area (Å²) in [7, 11) is 0. The largest absolute Gasteiger partial charge is 0.450 e. The number of piperidine rings is 1. The predicted molar refractivity (Wildman–Crippen MR) is 87.7 cm³/mol. The summed E-state index contributed by atoms with van der Waals surface area (Å²) in [5, 5.41) is 0.396. The number of hydrogen-bond donors (Lipinski definition) is 0. The fourth-order valence-corrected chi connectivity index (χ4v) is 2.91. The lowest BCUT2D eigenvalue weighted by Crippen LogP contribution is -2.41. The minimum atomic E-state index is -0.809. The molecule has 1 aromatic carbocycles. The number of carbonyl (C=O) groups is 2. The first kappa shape index (κ1) is 16.2. The van der Waals surface area contributed by atoms with Crippen molar-refractivity contribution in [1.82, 2.24) is 4.90 Å². The molecule has 1 saturated heterocycles. The molecular weight excluding hydrogens is 310 g/mol. The van der Waals surface area contributed by atoms with Crippen molar-refractivity contribution in [2.24, 2.45) is 5.92 Å². The summed E-state index contributed by atoms with van der Waals surface area (Å²) in [6, 6.07) is 7.75. The molecule has 1 aliphatic heterocycles. The molecule has 0 radical (unpaired) electrons. The minimum absolute atomic E-state index is 0.196. The van der Waals surface area contributed by atoms with Gasteiger partial charge in [0.1, 0.15) is 5.58 Å². The number of nitrogens with zero attached hydrogens (tertiary/aromatic N) is 1. The van der Waals surface area contributed by atoms with E-state index in [1.165, 1.54) is 0 Å². The van der Waals surface area contributed by atoms with Gasteiger partial charge in [0.2, 0.25) is 5.76 Å². The SMILES string of the molecule is C[C@@H]1CCCN(C(=O)COC(=O)c2cc(=O)c3ccccc3o2)C1. The van der Waals surface area contributed by atoms with Crippen LogP contribution in [-0.2, 0) is 9.53 Å². The van der Waals surface area contributed by atoms with Gasteiger partial charge in [-0.15, -0.1) is 0 Å². The van der Waals surface area contributed by atoms with E-state index < -0.39 is 5.97 Å². The van der Waals surface area contributed by atoms with Crippen LogP contribution in [0.5, 0.6) is 0 Å². The Balaban J connectivity index is 1.67. The van der Waals surface area contributed by atoms with Gasteiger partial charge in [0.15, 0.2) is 12.0 Å². The number of carbonyl (C=O) groups excluding carboxylic acids is 2. The highest BCUT2D eigenvalue weighted by Crippen LogP contribution is 2.16. The molecule has 2 aromatic rings. The molecule has 0 saturated carbocycles. The minimum Gasteiger partial charge on any atom is -0.450 e. The average Bonchev–Trinajstić information content (AvgIpc) is 2.59. The number of ether oxygens (including phenoxy) is 1. The van der Waals surface area contributed by atoms with Crippen LogP contribution >= 0.6 is 0 Å². The van der Waals surface area contributed by atoms with Crippen LogP contribution in [-0.4, -0.2) is 36.5 Å². The average molecular weight is 329 g/mol. The Kier molecular flexibility index (Phi) is 4.64. The van der Waals surface area contributed by atoms with E-state index in [1.807, 2.05) is 0 Å². The van der Waals surface area contributed by atoms with E-state index >= 15 is 0 Å². The van der Waals surface area contributed by atoms with Crippen LogP contribution < -0.4 is 5.43 Å². The third-order valence-electron chi connectivity index (χ3n) is 4.17. The maximum Gasteiger partial charge on any atom is 0.374 e. The molecule has 1 fully saturated rings. The van der Waals surface area contributed by atoms with E-state index in [9.17, 15) is 14.4 Å². The first-order chi connectivity index (χ1) is 11.5. The molecule has 24 heavy (non-hydrogen) atoms. The molecule has 0 bridgehead atoms. The zero-order valence-corrected chi connectivity index (χ0v) is 13.5. The van der Waals surface area contributed by atoms with Gasteiger partial charge in [0, 0.05) is 19.2 Å². The molecule has 1 amide bonds. The first-order valence-electron chi connectivity index (χ1n) is 8.02. The van der Waals surface area contributed by atoms with Crippen molar-refractivity contribution >= 4 is 22.8 Å². The van der Waals surface area contributed by atoms with E-state index in [-0.39, 0.29) is 23.7 Å². The van der Waals surface area contributed by atoms with Crippen LogP contribution in [0.15, 0.2) is 39.5 Å². The molecule has 2 heterocycles. The van der Waals surface area contributed by atoms with E-state index in [2.05, 4.69) is 6.92 Å². The number of fused-ring (bicyclic) bond motifs is 1. The number of rotatable bonds is 3. The monoisotopic (exact) mass is 329 g/mol. The van der Waals surface area contributed by atoms with Gasteiger partial charge in [-0.1, -0.05) is 19.1 Å². The summed E-state index contributed by atoms with van der Waals surface area (Å²) in [6.45, 7) is 3.12. The molecule has 1 atom stereocenters. The standard InChI is InChI=1S/C18H19NO5/c1-12-5-4-8-19(10-12)17(21)11-23-18(22)16-9-14(20)13-6-2-3-7-15(13)24-16/h2-3,6-7,9,12H,4-5,8,10-11H2,1H3/t12-/m1/s1. The number of amides is 1. The molecule has 1 aliphatic rings. The number of likely N-dealkylation sites (tertiary alicyclic amines) is 1. The second-order valence-electron chi connectivity index (χ2n) is 6.13. The zero-order chi connectivity index (χ0) is 17.1. The van der Waals surface area contributed by atoms with Crippen LogP contribution in [0.1, 0.15) is 30.3 Å². The number of benzene rings is 1. The third-order valence-corrected chi connectivity index (χ3v) is 4.17. The summed E-state index contributed by atoms with van der Waals surface area (Å²) in [5.74, 6) is -0.773. The van der Waals surface area contributed by atoms with Crippen molar-refractivity contribution in [1.29, 1.82) is 0 Å². The lowest BCUT2D eigenvalue weighted by Gasteiger charge is -2.30. The maximum atomic E-state index is 12.1. The van der Waals surface area contributed by atoms with Crippen molar-refractivity contribution < 1.29 is 18.7 Å². The van der Waals surface area contributed by atoms with Gasteiger partial charge >= 0.3 is 5.97 Å². The summed E-state index contributed by atoms with van der Waals surface area (Å²) >= 11 is 0. The molecule has 3 rings (SSSR count). The first-order valence-corrected chi connectivity index (χ1v) is 8.02. The van der Waals surface area contributed by atoms with Gasteiger partial charge in [0.25, 0.3) is 5.91 Å².